The molecule has 1 fully saturated rings. The van der Waals surface area contributed by atoms with Crippen molar-refractivity contribution in [3.8, 4) is 5.75 Å². The Morgan fingerprint density at radius 2 is 1.56 bits per heavy atom. The van der Waals surface area contributed by atoms with Crippen molar-refractivity contribution in [1.82, 2.24) is 19.7 Å². The summed E-state index contributed by atoms with van der Waals surface area (Å²) in [6.07, 6.45) is 2.50. The summed E-state index contributed by atoms with van der Waals surface area (Å²) < 4.78 is 7.75. The molecule has 6 nitrogen and oxygen atoms in total. The van der Waals surface area contributed by atoms with Crippen LogP contribution >= 0.6 is 0 Å². The number of ether oxygens (including phenoxy) is 1. The van der Waals surface area contributed by atoms with Gasteiger partial charge < -0.3 is 9.30 Å². The highest BCUT2D eigenvalue weighted by Crippen LogP contribution is 2.27. The zero-order valence-corrected chi connectivity index (χ0v) is 22.5. The van der Waals surface area contributed by atoms with Crippen LogP contribution in [0.15, 0.2) is 102 Å². The second-order valence-electron chi connectivity index (χ2n) is 10.2. The summed E-state index contributed by atoms with van der Waals surface area (Å²) in [5.41, 5.74) is 7.36. The fourth-order valence-electron chi connectivity index (χ4n) is 5.41. The lowest BCUT2D eigenvalue weighted by Crippen LogP contribution is -2.27. The molecule has 5 aromatic rings. The Hall–Kier alpha value is -4.29. The van der Waals surface area contributed by atoms with Crippen LogP contribution in [0.1, 0.15) is 42.1 Å². The first-order valence-corrected chi connectivity index (χ1v) is 13.6. The van der Waals surface area contributed by atoms with Crippen molar-refractivity contribution in [1.29, 1.82) is 0 Å². The number of rotatable bonds is 8. The van der Waals surface area contributed by atoms with E-state index < -0.39 is 0 Å². The van der Waals surface area contributed by atoms with Crippen molar-refractivity contribution in [3.05, 3.63) is 119 Å². The summed E-state index contributed by atoms with van der Waals surface area (Å²) in [6, 6.07) is 33.7. The Bertz CT molecular complexity index is 1530. The quantitative estimate of drug-likeness (QED) is 0.217. The molecular formula is C33H33N5O. The second-order valence-corrected chi connectivity index (χ2v) is 10.2. The Balaban J connectivity index is 1.44. The maximum absolute atomic E-state index is 5.38. The lowest BCUT2D eigenvalue weighted by molar-refractivity contribution is 0.254. The number of aliphatic imine (C=N–C) groups is 1. The standard InChI is InChI=1S/C33H33N5O/c1-24-10-9-19-37(24)23-28-20-30-31(38(28)22-25-15-17-29(39-2)18-16-25)21-32(36-35-30)34-33(26-11-5-3-6-12-26)27-13-7-4-8-14-27/h3-8,11-18,20-21,24H,9-10,19,22-23H2,1-2H3/t24-/m0/s1. The fourth-order valence-corrected chi connectivity index (χ4v) is 5.41. The first-order valence-electron chi connectivity index (χ1n) is 13.6. The van der Waals surface area contributed by atoms with Gasteiger partial charge in [0.1, 0.15) is 11.3 Å². The summed E-state index contributed by atoms with van der Waals surface area (Å²) in [4.78, 5) is 7.61. The summed E-state index contributed by atoms with van der Waals surface area (Å²) in [7, 11) is 1.70. The molecule has 6 rings (SSSR count). The molecule has 196 valence electrons. The average Bonchev–Trinajstić information content (AvgIpc) is 3.55. The number of aromatic nitrogens is 3. The van der Waals surface area contributed by atoms with Gasteiger partial charge in [-0.15, -0.1) is 10.2 Å². The van der Waals surface area contributed by atoms with Gasteiger partial charge in [-0.25, -0.2) is 4.99 Å². The largest absolute Gasteiger partial charge is 0.497 e. The monoisotopic (exact) mass is 515 g/mol. The number of methoxy groups -OCH3 is 1. The topological polar surface area (TPSA) is 55.5 Å². The minimum Gasteiger partial charge on any atom is -0.497 e. The number of nitrogens with zero attached hydrogens (tertiary/aromatic N) is 5. The first kappa shape index (κ1) is 25.0. The molecular weight excluding hydrogens is 482 g/mol. The molecule has 0 unspecified atom stereocenters. The van der Waals surface area contributed by atoms with Crippen molar-refractivity contribution in [2.45, 2.75) is 38.9 Å². The van der Waals surface area contributed by atoms with Crippen LogP contribution < -0.4 is 4.74 Å². The van der Waals surface area contributed by atoms with Crippen molar-refractivity contribution >= 4 is 22.6 Å². The highest BCUT2D eigenvalue weighted by molar-refractivity contribution is 6.13. The van der Waals surface area contributed by atoms with Gasteiger partial charge in [-0.3, -0.25) is 4.90 Å². The summed E-state index contributed by atoms with van der Waals surface area (Å²) in [5.74, 6) is 1.46. The van der Waals surface area contributed by atoms with Gasteiger partial charge in [0, 0.05) is 42.0 Å². The molecule has 0 aliphatic carbocycles. The minimum absolute atomic E-state index is 0.586. The summed E-state index contributed by atoms with van der Waals surface area (Å²) in [6.45, 7) is 5.09. The van der Waals surface area contributed by atoms with Gasteiger partial charge in [0.05, 0.1) is 18.3 Å². The van der Waals surface area contributed by atoms with Gasteiger partial charge in [-0.1, -0.05) is 72.8 Å². The van der Waals surface area contributed by atoms with Crippen LogP contribution in [0.4, 0.5) is 5.82 Å². The van der Waals surface area contributed by atoms with E-state index in [0.29, 0.717) is 11.9 Å². The van der Waals surface area contributed by atoms with Crippen molar-refractivity contribution in [2.24, 2.45) is 4.99 Å². The molecule has 1 atom stereocenters. The van der Waals surface area contributed by atoms with Crippen LogP contribution in [0, 0.1) is 0 Å². The van der Waals surface area contributed by atoms with Gasteiger partial charge in [0.2, 0.25) is 0 Å². The molecule has 6 heteroatoms. The van der Waals surface area contributed by atoms with Gasteiger partial charge in [0.25, 0.3) is 0 Å². The van der Waals surface area contributed by atoms with Crippen LogP contribution in [-0.4, -0.2) is 45.1 Å². The maximum Gasteiger partial charge on any atom is 0.177 e. The zero-order valence-electron chi connectivity index (χ0n) is 22.5. The van der Waals surface area contributed by atoms with E-state index in [-0.39, 0.29) is 0 Å². The van der Waals surface area contributed by atoms with E-state index in [1.807, 2.05) is 48.5 Å². The Kier molecular flexibility index (Phi) is 7.19. The highest BCUT2D eigenvalue weighted by Gasteiger charge is 2.23. The van der Waals surface area contributed by atoms with Crippen molar-refractivity contribution in [3.63, 3.8) is 0 Å². The predicted molar refractivity (Wildman–Crippen MR) is 157 cm³/mol. The molecule has 39 heavy (non-hydrogen) atoms. The number of likely N-dealkylation sites (tertiary alicyclic amines) is 1. The normalized spacial score (nSPS) is 15.5. The number of benzene rings is 3. The third-order valence-corrected chi connectivity index (χ3v) is 7.61. The zero-order chi connectivity index (χ0) is 26.6. The van der Waals surface area contributed by atoms with E-state index >= 15 is 0 Å². The van der Waals surface area contributed by atoms with Gasteiger partial charge >= 0.3 is 0 Å². The number of hydrogen-bond donors (Lipinski definition) is 0. The number of hydrogen-bond acceptors (Lipinski definition) is 5. The van der Waals surface area contributed by atoms with Crippen LogP contribution in [0.3, 0.4) is 0 Å². The smallest absolute Gasteiger partial charge is 0.177 e. The maximum atomic E-state index is 5.38. The average molecular weight is 516 g/mol. The van der Waals surface area contributed by atoms with Gasteiger partial charge in [0.15, 0.2) is 5.82 Å². The lowest BCUT2D eigenvalue weighted by atomic mass is 10.0. The molecule has 1 aliphatic rings. The molecule has 0 N–H and O–H groups in total. The molecule has 0 spiro atoms. The molecule has 3 aromatic carbocycles. The number of fused-ring (bicyclic) bond motifs is 1. The summed E-state index contributed by atoms with van der Waals surface area (Å²) >= 11 is 0. The lowest BCUT2D eigenvalue weighted by Gasteiger charge is -2.22. The Morgan fingerprint density at radius 1 is 0.872 bits per heavy atom. The van der Waals surface area contributed by atoms with E-state index in [1.54, 1.807) is 7.11 Å². The van der Waals surface area contributed by atoms with Crippen molar-refractivity contribution in [2.75, 3.05) is 13.7 Å². The van der Waals surface area contributed by atoms with Crippen molar-refractivity contribution < 1.29 is 4.74 Å². The third kappa shape index (κ3) is 5.47. The molecule has 0 radical (unpaired) electrons. The SMILES string of the molecule is COc1ccc(Cn2c(CN3CCC[C@@H]3C)cc3nnc(N=C(c4ccccc4)c4ccccc4)cc32)cc1. The molecule has 0 saturated carbocycles. The minimum atomic E-state index is 0.586. The third-order valence-electron chi connectivity index (χ3n) is 7.61. The highest BCUT2D eigenvalue weighted by atomic mass is 16.5. The van der Waals surface area contributed by atoms with Crippen LogP contribution in [-0.2, 0) is 13.1 Å². The Labute approximate surface area is 229 Å². The fraction of sp³-hybridized carbons (Fsp3) is 0.242. The predicted octanol–water partition coefficient (Wildman–Crippen LogP) is 6.64. The Morgan fingerprint density at radius 3 is 2.18 bits per heavy atom. The van der Waals surface area contributed by atoms with E-state index in [1.165, 1.54) is 24.1 Å². The first-order chi connectivity index (χ1) is 19.2. The molecule has 0 amide bonds. The van der Waals surface area contributed by atoms with Crippen LogP contribution in [0.25, 0.3) is 11.0 Å². The molecule has 1 aliphatic heterocycles. The van der Waals surface area contributed by atoms with Crippen LogP contribution in [0.5, 0.6) is 5.75 Å². The molecule has 3 heterocycles. The van der Waals surface area contributed by atoms with E-state index in [2.05, 4.69) is 75.1 Å². The van der Waals surface area contributed by atoms with E-state index in [9.17, 15) is 0 Å². The van der Waals surface area contributed by atoms with E-state index in [4.69, 9.17) is 9.73 Å². The van der Waals surface area contributed by atoms with Gasteiger partial charge in [-0.05, 0) is 50.1 Å². The summed E-state index contributed by atoms with van der Waals surface area (Å²) in [5, 5.41) is 9.20. The van der Waals surface area contributed by atoms with Crippen LogP contribution in [0.2, 0.25) is 0 Å². The van der Waals surface area contributed by atoms with Gasteiger partial charge in [-0.2, -0.15) is 0 Å². The molecule has 1 saturated heterocycles. The molecule has 0 bridgehead atoms. The van der Waals surface area contributed by atoms with E-state index in [0.717, 1.165) is 53.3 Å². The molecule has 2 aromatic heterocycles. The second kappa shape index (κ2) is 11.2.